The highest BCUT2D eigenvalue weighted by molar-refractivity contribution is 4.70. The van der Waals surface area contributed by atoms with E-state index in [0.717, 1.165) is 6.54 Å². The smallest absolute Gasteiger partial charge is 0.176 e. The van der Waals surface area contributed by atoms with Crippen molar-refractivity contribution >= 4 is 0 Å². The van der Waals surface area contributed by atoms with Crippen LogP contribution in [0.3, 0.4) is 0 Å². The summed E-state index contributed by atoms with van der Waals surface area (Å²) in [7, 11) is 0. The Morgan fingerprint density at radius 1 is 1.86 bits per heavy atom. The van der Waals surface area contributed by atoms with Crippen molar-refractivity contribution in [2.24, 2.45) is 0 Å². The van der Waals surface area contributed by atoms with Gasteiger partial charge < -0.3 is 4.57 Å². The van der Waals surface area contributed by atoms with Crippen molar-refractivity contribution < 1.29 is 0 Å². The molecule has 1 aromatic rings. The molecule has 37 valence electrons. The van der Waals surface area contributed by atoms with Crippen LogP contribution < -0.4 is 0 Å². The summed E-state index contributed by atoms with van der Waals surface area (Å²) in [6, 6.07) is 0. The third kappa shape index (κ3) is 0.796. The van der Waals surface area contributed by atoms with Crippen molar-refractivity contribution in [3.05, 3.63) is 18.7 Å². The molecular weight excluding hydrogens is 88.1 g/mol. The van der Waals surface area contributed by atoms with Crippen molar-refractivity contribution in [2.45, 2.75) is 13.5 Å². The molecule has 2 heteroatoms. The van der Waals surface area contributed by atoms with Crippen LogP contribution in [0.4, 0.5) is 0 Å². The van der Waals surface area contributed by atoms with Gasteiger partial charge in [0.15, 0.2) is 6.33 Å². The molecule has 0 saturated carbocycles. The molecule has 0 atom stereocenters. The molecule has 2 nitrogen and oxygen atoms in total. The lowest BCUT2D eigenvalue weighted by Gasteiger charge is -1.86. The Morgan fingerprint density at radius 2 is 2.71 bits per heavy atom. The average Bonchev–Trinajstić information content (AvgIpc) is 2.14. The van der Waals surface area contributed by atoms with Gasteiger partial charge in [-0.2, -0.15) is 0 Å². The lowest BCUT2D eigenvalue weighted by molar-refractivity contribution is 0.755. The van der Waals surface area contributed by atoms with E-state index in [1.165, 1.54) is 0 Å². The van der Waals surface area contributed by atoms with Crippen molar-refractivity contribution in [1.29, 1.82) is 0 Å². The van der Waals surface area contributed by atoms with E-state index in [4.69, 9.17) is 0 Å². The highest BCUT2D eigenvalue weighted by atomic mass is 15.0. The van der Waals surface area contributed by atoms with E-state index in [-0.39, 0.29) is 0 Å². The van der Waals surface area contributed by atoms with Crippen molar-refractivity contribution in [3.63, 3.8) is 0 Å². The zero-order valence-electron chi connectivity index (χ0n) is 4.26. The first-order valence-corrected chi connectivity index (χ1v) is 2.32. The van der Waals surface area contributed by atoms with E-state index in [1.54, 1.807) is 6.20 Å². The minimum atomic E-state index is 0.958. The molecule has 0 amide bonds. The molecule has 0 aliphatic heterocycles. The van der Waals surface area contributed by atoms with Crippen LogP contribution in [0.5, 0.6) is 0 Å². The van der Waals surface area contributed by atoms with Crippen LogP contribution in [0.1, 0.15) is 6.92 Å². The fraction of sp³-hybridized carbons (Fsp3) is 0.400. The Balaban J connectivity index is 2.76. The average molecular weight is 95.1 g/mol. The molecule has 1 aromatic heterocycles. The van der Waals surface area contributed by atoms with Gasteiger partial charge in [-0.05, 0) is 6.92 Å². The van der Waals surface area contributed by atoms with Crippen LogP contribution in [0.25, 0.3) is 0 Å². The molecule has 1 radical (unpaired) electrons. The van der Waals surface area contributed by atoms with E-state index in [2.05, 4.69) is 18.2 Å². The van der Waals surface area contributed by atoms with Gasteiger partial charge in [-0.25, -0.2) is 4.98 Å². The summed E-state index contributed by atoms with van der Waals surface area (Å²) in [5.41, 5.74) is 0. The summed E-state index contributed by atoms with van der Waals surface area (Å²) in [6.45, 7) is 3.01. The van der Waals surface area contributed by atoms with Crippen LogP contribution in [-0.4, -0.2) is 9.55 Å². The van der Waals surface area contributed by atoms with Crippen LogP contribution >= 0.6 is 0 Å². The second-order valence-electron chi connectivity index (χ2n) is 1.31. The number of hydrogen-bond acceptors (Lipinski definition) is 1. The number of aryl methyl sites for hydroxylation is 1. The number of hydrogen-bond donors (Lipinski definition) is 0. The molecule has 0 saturated heterocycles. The molecule has 0 N–H and O–H groups in total. The van der Waals surface area contributed by atoms with Gasteiger partial charge in [-0.15, -0.1) is 0 Å². The number of imidazole rings is 1. The molecule has 0 unspecified atom stereocenters. The molecule has 0 aliphatic rings. The highest BCUT2D eigenvalue weighted by Crippen LogP contribution is 1.79. The number of aromatic nitrogens is 2. The van der Waals surface area contributed by atoms with E-state index < -0.39 is 0 Å². The Labute approximate surface area is 42.8 Å². The van der Waals surface area contributed by atoms with Crippen LogP contribution in [-0.2, 0) is 6.54 Å². The zero-order chi connectivity index (χ0) is 5.11. The molecule has 7 heavy (non-hydrogen) atoms. The third-order valence-electron chi connectivity index (χ3n) is 0.848. The standard InChI is InChI=1S/C5H7N2/c1-2-7-4-3-6-5-7/h3-4H,2H2,1H3. The Bertz CT molecular complexity index is 121. The van der Waals surface area contributed by atoms with Crippen LogP contribution in [0.15, 0.2) is 12.4 Å². The van der Waals surface area contributed by atoms with Crippen molar-refractivity contribution in [3.8, 4) is 0 Å². The lowest BCUT2D eigenvalue weighted by atomic mass is 10.7. The first-order chi connectivity index (χ1) is 3.43. The van der Waals surface area contributed by atoms with Crippen LogP contribution in [0.2, 0.25) is 0 Å². The van der Waals surface area contributed by atoms with Gasteiger partial charge in [0.1, 0.15) is 0 Å². The van der Waals surface area contributed by atoms with Crippen molar-refractivity contribution in [1.82, 2.24) is 9.55 Å². The minimum absolute atomic E-state index is 0.958. The first kappa shape index (κ1) is 4.37. The SMILES string of the molecule is CCn1[c]ncc1. The van der Waals surface area contributed by atoms with Gasteiger partial charge in [0.25, 0.3) is 0 Å². The topological polar surface area (TPSA) is 17.8 Å². The predicted octanol–water partition coefficient (Wildman–Crippen LogP) is 0.703. The summed E-state index contributed by atoms with van der Waals surface area (Å²) >= 11 is 0. The van der Waals surface area contributed by atoms with E-state index in [1.807, 2.05) is 10.8 Å². The Kier molecular flexibility index (Phi) is 1.11. The lowest BCUT2D eigenvalue weighted by Crippen LogP contribution is -1.86. The Hall–Kier alpha value is -0.790. The van der Waals surface area contributed by atoms with Crippen molar-refractivity contribution in [2.75, 3.05) is 0 Å². The second kappa shape index (κ2) is 1.78. The largest absolute Gasteiger partial charge is 0.329 e. The summed E-state index contributed by atoms with van der Waals surface area (Å²) in [6.07, 6.45) is 6.37. The summed E-state index contributed by atoms with van der Waals surface area (Å²) in [4.78, 5) is 3.73. The van der Waals surface area contributed by atoms with E-state index in [9.17, 15) is 0 Å². The van der Waals surface area contributed by atoms with Gasteiger partial charge in [0, 0.05) is 18.9 Å². The summed E-state index contributed by atoms with van der Waals surface area (Å²) in [5.74, 6) is 0. The van der Waals surface area contributed by atoms with E-state index in [0.29, 0.717) is 0 Å². The maximum atomic E-state index is 3.73. The molecule has 1 rings (SSSR count). The fourth-order valence-corrected chi connectivity index (χ4v) is 0.431. The minimum Gasteiger partial charge on any atom is -0.329 e. The van der Waals surface area contributed by atoms with Gasteiger partial charge in [-0.1, -0.05) is 0 Å². The zero-order valence-corrected chi connectivity index (χ0v) is 4.26. The number of nitrogens with zero attached hydrogens (tertiary/aromatic N) is 2. The second-order valence-corrected chi connectivity index (χ2v) is 1.31. The van der Waals surface area contributed by atoms with Crippen LogP contribution in [0, 0.1) is 6.33 Å². The Morgan fingerprint density at radius 3 is 3.00 bits per heavy atom. The summed E-state index contributed by atoms with van der Waals surface area (Å²) in [5, 5.41) is 0. The molecule has 0 aromatic carbocycles. The molecule has 0 aliphatic carbocycles. The molecule has 1 heterocycles. The quantitative estimate of drug-likeness (QED) is 0.502. The monoisotopic (exact) mass is 95.1 g/mol. The molecule has 0 fully saturated rings. The maximum absolute atomic E-state index is 3.73. The third-order valence-corrected chi connectivity index (χ3v) is 0.848. The molecule has 0 bridgehead atoms. The van der Waals surface area contributed by atoms with Gasteiger partial charge in [-0.3, -0.25) is 0 Å². The normalized spacial score (nSPS) is 9.29. The van der Waals surface area contributed by atoms with E-state index >= 15 is 0 Å². The van der Waals surface area contributed by atoms with Gasteiger partial charge in [0.05, 0.1) is 0 Å². The highest BCUT2D eigenvalue weighted by Gasteiger charge is 1.78. The van der Waals surface area contributed by atoms with Gasteiger partial charge in [0.2, 0.25) is 0 Å². The maximum Gasteiger partial charge on any atom is 0.176 e. The fourth-order valence-electron chi connectivity index (χ4n) is 0.431. The first-order valence-electron chi connectivity index (χ1n) is 2.32. The molecule has 0 spiro atoms. The predicted molar refractivity (Wildman–Crippen MR) is 26.7 cm³/mol. The van der Waals surface area contributed by atoms with Gasteiger partial charge >= 0.3 is 0 Å². The molecular formula is C5H7N2. The summed E-state index contributed by atoms with van der Waals surface area (Å²) < 4.78 is 1.89. The number of rotatable bonds is 1.